The molecule has 0 spiro atoms. The summed E-state index contributed by atoms with van der Waals surface area (Å²) in [5.74, 6) is -0.331. The largest absolute Gasteiger partial charge is 0.493 e. The van der Waals surface area contributed by atoms with Crippen LogP contribution in [0.2, 0.25) is 0 Å². The van der Waals surface area contributed by atoms with Crippen molar-refractivity contribution in [2.45, 2.75) is 44.1 Å². The van der Waals surface area contributed by atoms with Crippen LogP contribution in [0.15, 0.2) is 12.1 Å². The standard InChI is InChI=1S/C19H24O7S/c1-19-7-6-13(20)16-11-4-5-14(24-2)17(26-27(3,22)23)15(11)10(8-12(16)19)9-25-18(19)21/h4-5,10,12-13,16,20H,6-9H2,1-3H3/t10-,12-,13+,16+,19+/m0/s1. The van der Waals surface area contributed by atoms with Gasteiger partial charge in [0.15, 0.2) is 11.5 Å². The third-order valence-electron chi connectivity index (χ3n) is 6.46. The van der Waals surface area contributed by atoms with E-state index in [9.17, 15) is 18.3 Å². The van der Waals surface area contributed by atoms with Crippen molar-refractivity contribution in [3.63, 3.8) is 0 Å². The highest BCUT2D eigenvalue weighted by Crippen LogP contribution is 2.60. The van der Waals surface area contributed by atoms with E-state index in [0.29, 0.717) is 30.6 Å². The molecule has 1 heterocycles. The number of benzene rings is 1. The molecule has 1 saturated carbocycles. The fraction of sp³-hybridized carbons (Fsp3) is 0.632. The quantitative estimate of drug-likeness (QED) is 0.616. The van der Waals surface area contributed by atoms with E-state index in [1.807, 2.05) is 13.0 Å². The van der Waals surface area contributed by atoms with Crippen molar-refractivity contribution >= 4 is 16.1 Å². The summed E-state index contributed by atoms with van der Waals surface area (Å²) in [7, 11) is -2.34. The van der Waals surface area contributed by atoms with E-state index in [-0.39, 0.29) is 36.1 Å². The Morgan fingerprint density at radius 3 is 2.74 bits per heavy atom. The van der Waals surface area contributed by atoms with Crippen LogP contribution < -0.4 is 8.92 Å². The van der Waals surface area contributed by atoms with Gasteiger partial charge < -0.3 is 18.8 Å². The topological polar surface area (TPSA) is 99.1 Å². The van der Waals surface area contributed by atoms with Gasteiger partial charge in [-0.1, -0.05) is 6.07 Å². The van der Waals surface area contributed by atoms with Crippen LogP contribution in [0.25, 0.3) is 0 Å². The minimum Gasteiger partial charge on any atom is -0.493 e. The predicted molar refractivity (Wildman–Crippen MR) is 96.4 cm³/mol. The van der Waals surface area contributed by atoms with Crippen LogP contribution in [0.1, 0.15) is 49.1 Å². The van der Waals surface area contributed by atoms with E-state index in [1.165, 1.54) is 7.11 Å². The molecular formula is C19H24O7S. The van der Waals surface area contributed by atoms with Gasteiger partial charge >= 0.3 is 16.1 Å². The number of fused-ring (bicyclic) bond motifs is 4. The monoisotopic (exact) mass is 396 g/mol. The highest BCUT2D eigenvalue weighted by Gasteiger charge is 2.57. The Balaban J connectivity index is 1.95. The van der Waals surface area contributed by atoms with Crippen molar-refractivity contribution in [1.82, 2.24) is 0 Å². The zero-order chi connectivity index (χ0) is 19.6. The number of methoxy groups -OCH3 is 1. The smallest absolute Gasteiger partial charge is 0.312 e. The lowest BCUT2D eigenvalue weighted by Gasteiger charge is -2.49. The SMILES string of the molecule is COc1ccc2c(c1OS(C)(=O)=O)[C@@H]1COC(=O)[C@]3(C)CC[C@@H](O)[C@H]2[C@@H]3C1. The molecule has 5 atom stereocenters. The van der Waals surface area contributed by atoms with Crippen molar-refractivity contribution < 1.29 is 32.0 Å². The molecule has 2 aliphatic carbocycles. The Kier molecular flexibility index (Phi) is 4.19. The molecule has 8 heteroatoms. The van der Waals surface area contributed by atoms with Crippen LogP contribution in [-0.2, 0) is 19.6 Å². The summed E-state index contributed by atoms with van der Waals surface area (Å²) in [5.41, 5.74) is 0.847. The number of aliphatic hydroxyl groups is 1. The summed E-state index contributed by atoms with van der Waals surface area (Å²) in [5, 5.41) is 10.8. The normalized spacial score (nSPS) is 34.9. The van der Waals surface area contributed by atoms with E-state index in [1.54, 1.807) is 6.07 Å². The molecule has 0 radical (unpaired) electrons. The zero-order valence-corrected chi connectivity index (χ0v) is 16.4. The summed E-state index contributed by atoms with van der Waals surface area (Å²) in [6, 6.07) is 3.52. The third kappa shape index (κ3) is 2.81. The number of carbonyl (C=O) groups is 1. The molecule has 7 nitrogen and oxygen atoms in total. The van der Waals surface area contributed by atoms with Crippen molar-refractivity contribution in [1.29, 1.82) is 0 Å². The van der Waals surface area contributed by atoms with Gasteiger partial charge in [0.05, 0.1) is 31.5 Å². The molecule has 27 heavy (non-hydrogen) atoms. The molecule has 4 rings (SSSR count). The summed E-state index contributed by atoms with van der Waals surface area (Å²) in [6.45, 7) is 2.08. The van der Waals surface area contributed by atoms with Crippen LogP contribution >= 0.6 is 0 Å². The van der Waals surface area contributed by atoms with Crippen molar-refractivity contribution in [3.05, 3.63) is 23.3 Å². The number of carbonyl (C=O) groups excluding carboxylic acids is 1. The molecule has 1 aliphatic heterocycles. The maximum absolute atomic E-state index is 12.7. The van der Waals surface area contributed by atoms with Crippen molar-refractivity contribution in [2.24, 2.45) is 11.3 Å². The Labute approximate surface area is 158 Å². The number of cyclic esters (lactones) is 1. The molecule has 0 unspecified atom stereocenters. The number of rotatable bonds is 3. The van der Waals surface area contributed by atoms with Gasteiger partial charge in [0.25, 0.3) is 0 Å². The molecule has 3 aliphatic rings. The van der Waals surface area contributed by atoms with Crippen LogP contribution in [0, 0.1) is 11.3 Å². The number of esters is 1. The Bertz CT molecular complexity index is 894. The van der Waals surface area contributed by atoms with E-state index < -0.39 is 21.6 Å². The predicted octanol–water partition coefficient (Wildman–Crippen LogP) is 1.94. The second kappa shape index (κ2) is 6.10. The summed E-state index contributed by atoms with van der Waals surface area (Å²) in [4.78, 5) is 12.7. The van der Waals surface area contributed by atoms with Gasteiger partial charge in [0.2, 0.25) is 0 Å². The maximum atomic E-state index is 12.7. The van der Waals surface area contributed by atoms with Gasteiger partial charge in [-0.15, -0.1) is 0 Å². The van der Waals surface area contributed by atoms with Crippen LogP contribution in [0.5, 0.6) is 11.5 Å². The Hall–Kier alpha value is -1.80. The highest BCUT2D eigenvalue weighted by atomic mass is 32.2. The molecule has 2 fully saturated rings. The van der Waals surface area contributed by atoms with Crippen LogP contribution in [0.4, 0.5) is 0 Å². The maximum Gasteiger partial charge on any atom is 0.312 e. The Morgan fingerprint density at radius 1 is 1.33 bits per heavy atom. The lowest BCUT2D eigenvalue weighted by atomic mass is 9.54. The number of hydrogen-bond acceptors (Lipinski definition) is 7. The minimum atomic E-state index is -3.79. The summed E-state index contributed by atoms with van der Waals surface area (Å²) < 4.78 is 40.0. The number of aliphatic hydroxyl groups excluding tert-OH is 1. The fourth-order valence-electron chi connectivity index (χ4n) is 5.18. The summed E-state index contributed by atoms with van der Waals surface area (Å²) >= 11 is 0. The lowest BCUT2D eigenvalue weighted by Crippen LogP contribution is -2.48. The molecule has 0 amide bonds. The first-order valence-corrected chi connectivity index (χ1v) is 10.9. The first-order chi connectivity index (χ1) is 12.7. The number of hydrogen-bond donors (Lipinski definition) is 1. The first-order valence-electron chi connectivity index (χ1n) is 9.11. The van der Waals surface area contributed by atoms with E-state index in [0.717, 1.165) is 11.8 Å². The molecule has 0 aromatic heterocycles. The van der Waals surface area contributed by atoms with E-state index in [4.69, 9.17) is 13.7 Å². The molecule has 148 valence electrons. The highest BCUT2D eigenvalue weighted by molar-refractivity contribution is 7.86. The van der Waals surface area contributed by atoms with Gasteiger partial charge in [-0.25, -0.2) is 0 Å². The molecule has 1 saturated heterocycles. The Morgan fingerprint density at radius 2 is 2.07 bits per heavy atom. The molecule has 1 aromatic rings. The second-order valence-electron chi connectivity index (χ2n) is 8.07. The first kappa shape index (κ1) is 18.6. The molecular weight excluding hydrogens is 372 g/mol. The van der Waals surface area contributed by atoms with Gasteiger partial charge in [-0.3, -0.25) is 4.79 Å². The molecule has 2 bridgehead atoms. The van der Waals surface area contributed by atoms with E-state index >= 15 is 0 Å². The van der Waals surface area contributed by atoms with Crippen molar-refractivity contribution in [2.75, 3.05) is 20.0 Å². The molecule has 1 N–H and O–H groups in total. The third-order valence-corrected chi connectivity index (χ3v) is 6.93. The zero-order valence-electron chi connectivity index (χ0n) is 15.6. The fourth-order valence-corrected chi connectivity index (χ4v) is 5.66. The average Bonchev–Trinajstić information content (AvgIpc) is 2.71. The average molecular weight is 396 g/mol. The lowest BCUT2D eigenvalue weighted by molar-refractivity contribution is -0.160. The van der Waals surface area contributed by atoms with Gasteiger partial charge in [0.1, 0.15) is 0 Å². The van der Waals surface area contributed by atoms with Gasteiger partial charge in [-0.2, -0.15) is 8.42 Å². The number of ether oxygens (including phenoxy) is 2. The minimum absolute atomic E-state index is 0.0618. The van der Waals surface area contributed by atoms with Gasteiger partial charge in [-0.05, 0) is 43.7 Å². The second-order valence-corrected chi connectivity index (χ2v) is 9.65. The van der Waals surface area contributed by atoms with Crippen LogP contribution in [0.3, 0.4) is 0 Å². The van der Waals surface area contributed by atoms with Gasteiger partial charge in [0, 0.05) is 17.4 Å². The van der Waals surface area contributed by atoms with E-state index in [2.05, 4.69) is 0 Å². The summed E-state index contributed by atoms with van der Waals surface area (Å²) in [6.07, 6.45) is 2.08. The molecule has 1 aromatic carbocycles. The van der Waals surface area contributed by atoms with Crippen LogP contribution in [-0.4, -0.2) is 45.6 Å². The van der Waals surface area contributed by atoms with Crippen molar-refractivity contribution in [3.8, 4) is 11.5 Å².